The first kappa shape index (κ1) is 15.4. The Morgan fingerprint density at radius 3 is 2.71 bits per heavy atom. The number of hydrogen-bond acceptors (Lipinski definition) is 5. The average Bonchev–Trinajstić information content (AvgIpc) is 2.85. The smallest absolute Gasteiger partial charge is 0.177 e. The number of benzene rings is 1. The fraction of sp³-hybridized carbons (Fsp3) is 0.312. The molecule has 0 amide bonds. The number of nitrogens with one attached hydrogen (secondary N) is 1. The molecule has 0 saturated heterocycles. The van der Waals surface area contributed by atoms with Crippen molar-refractivity contribution in [2.24, 2.45) is 5.92 Å². The summed E-state index contributed by atoms with van der Waals surface area (Å²) in [5.74, 6) is 0.895. The molecule has 0 bridgehead atoms. The molecule has 0 atom stereocenters. The molecule has 0 aliphatic heterocycles. The van der Waals surface area contributed by atoms with Gasteiger partial charge in [-0.2, -0.15) is 0 Å². The normalized spacial score (nSPS) is 10.6. The highest BCUT2D eigenvalue weighted by Crippen LogP contribution is 2.31. The third kappa shape index (κ3) is 4.23. The SMILES string of the molecule is CC(C)C(=O)c1sc(NCCOc2ccccc2)cc1N. The lowest BCUT2D eigenvalue weighted by atomic mass is 10.1. The van der Waals surface area contributed by atoms with Crippen LogP contribution in [-0.4, -0.2) is 18.9 Å². The van der Waals surface area contributed by atoms with E-state index < -0.39 is 0 Å². The quantitative estimate of drug-likeness (QED) is 0.605. The number of nitrogens with two attached hydrogens (primary N) is 1. The van der Waals surface area contributed by atoms with Crippen molar-refractivity contribution in [2.75, 3.05) is 24.2 Å². The summed E-state index contributed by atoms with van der Waals surface area (Å²) in [6.07, 6.45) is 0. The summed E-state index contributed by atoms with van der Waals surface area (Å²) in [6, 6.07) is 11.5. The maximum absolute atomic E-state index is 12.0. The molecule has 1 heterocycles. The molecule has 0 spiro atoms. The van der Waals surface area contributed by atoms with Crippen molar-refractivity contribution in [3.8, 4) is 5.75 Å². The lowest BCUT2D eigenvalue weighted by Crippen LogP contribution is -2.10. The van der Waals surface area contributed by atoms with Gasteiger partial charge in [-0.1, -0.05) is 32.0 Å². The number of hydrogen-bond donors (Lipinski definition) is 2. The van der Waals surface area contributed by atoms with Crippen LogP contribution in [0.1, 0.15) is 23.5 Å². The lowest BCUT2D eigenvalue weighted by molar-refractivity contribution is 0.0944. The minimum atomic E-state index is -0.0415. The largest absolute Gasteiger partial charge is 0.492 e. The van der Waals surface area contributed by atoms with Gasteiger partial charge in [-0.25, -0.2) is 0 Å². The van der Waals surface area contributed by atoms with E-state index in [0.29, 0.717) is 23.7 Å². The van der Waals surface area contributed by atoms with E-state index in [4.69, 9.17) is 10.5 Å². The van der Waals surface area contributed by atoms with Crippen LogP contribution in [0, 0.1) is 5.92 Å². The van der Waals surface area contributed by atoms with E-state index in [0.717, 1.165) is 10.8 Å². The van der Waals surface area contributed by atoms with Crippen molar-refractivity contribution in [1.82, 2.24) is 0 Å². The molecule has 0 aliphatic carbocycles. The zero-order valence-corrected chi connectivity index (χ0v) is 13.1. The van der Waals surface area contributed by atoms with Crippen LogP contribution in [0.15, 0.2) is 36.4 Å². The summed E-state index contributed by atoms with van der Waals surface area (Å²) in [5, 5.41) is 4.13. The summed E-state index contributed by atoms with van der Waals surface area (Å²) in [7, 11) is 0. The van der Waals surface area contributed by atoms with E-state index in [9.17, 15) is 4.79 Å². The molecule has 2 aromatic rings. The van der Waals surface area contributed by atoms with Gasteiger partial charge in [0, 0.05) is 12.5 Å². The third-order valence-corrected chi connectivity index (χ3v) is 4.05. The van der Waals surface area contributed by atoms with Gasteiger partial charge in [0.05, 0.1) is 15.6 Å². The van der Waals surface area contributed by atoms with Crippen molar-refractivity contribution >= 4 is 27.8 Å². The van der Waals surface area contributed by atoms with Gasteiger partial charge < -0.3 is 15.8 Å². The topological polar surface area (TPSA) is 64.3 Å². The highest BCUT2D eigenvalue weighted by Gasteiger charge is 2.17. The Labute approximate surface area is 128 Å². The molecule has 0 fully saturated rings. The predicted molar refractivity (Wildman–Crippen MR) is 88.3 cm³/mol. The summed E-state index contributed by atoms with van der Waals surface area (Å²) >= 11 is 1.40. The van der Waals surface area contributed by atoms with Crippen LogP contribution in [-0.2, 0) is 0 Å². The predicted octanol–water partition coefficient (Wildman–Crippen LogP) is 3.66. The first-order valence-electron chi connectivity index (χ1n) is 6.93. The molecule has 5 heteroatoms. The second-order valence-electron chi connectivity index (χ2n) is 5.00. The maximum atomic E-state index is 12.0. The molecule has 0 aliphatic rings. The van der Waals surface area contributed by atoms with Crippen LogP contribution in [0.2, 0.25) is 0 Å². The Morgan fingerprint density at radius 2 is 2.05 bits per heavy atom. The van der Waals surface area contributed by atoms with Crippen LogP contribution >= 0.6 is 11.3 Å². The molecular formula is C16H20N2O2S. The Hall–Kier alpha value is -2.01. The number of para-hydroxylation sites is 1. The standard InChI is InChI=1S/C16H20N2O2S/c1-11(2)15(19)16-13(17)10-14(21-16)18-8-9-20-12-6-4-3-5-7-12/h3-7,10-11,18H,8-9,17H2,1-2H3. The van der Waals surface area contributed by atoms with Crippen molar-refractivity contribution in [2.45, 2.75) is 13.8 Å². The van der Waals surface area contributed by atoms with Gasteiger partial charge in [0.2, 0.25) is 0 Å². The van der Waals surface area contributed by atoms with Crippen molar-refractivity contribution in [1.29, 1.82) is 0 Å². The Bertz CT molecular complexity index is 594. The molecule has 0 unspecified atom stereocenters. The first-order chi connectivity index (χ1) is 10.1. The van der Waals surface area contributed by atoms with E-state index in [2.05, 4.69) is 5.32 Å². The van der Waals surface area contributed by atoms with Gasteiger partial charge in [-0.3, -0.25) is 4.79 Å². The summed E-state index contributed by atoms with van der Waals surface area (Å²) < 4.78 is 5.59. The lowest BCUT2D eigenvalue weighted by Gasteiger charge is -2.06. The number of ketones is 1. The number of nitrogen functional groups attached to an aromatic ring is 1. The van der Waals surface area contributed by atoms with Gasteiger partial charge in [-0.05, 0) is 18.2 Å². The van der Waals surface area contributed by atoms with Crippen LogP contribution in [0.4, 0.5) is 10.7 Å². The van der Waals surface area contributed by atoms with Crippen molar-refractivity contribution < 1.29 is 9.53 Å². The van der Waals surface area contributed by atoms with Gasteiger partial charge in [0.25, 0.3) is 0 Å². The van der Waals surface area contributed by atoms with E-state index in [-0.39, 0.29) is 11.7 Å². The van der Waals surface area contributed by atoms with Gasteiger partial charge in [0.15, 0.2) is 5.78 Å². The summed E-state index contributed by atoms with van der Waals surface area (Å²) in [5.41, 5.74) is 6.44. The summed E-state index contributed by atoms with van der Waals surface area (Å²) in [6.45, 7) is 4.96. The van der Waals surface area contributed by atoms with Crippen molar-refractivity contribution in [3.05, 3.63) is 41.3 Å². The number of ether oxygens (including phenoxy) is 1. The minimum absolute atomic E-state index is 0.0415. The van der Waals surface area contributed by atoms with E-state index >= 15 is 0 Å². The van der Waals surface area contributed by atoms with Crippen LogP contribution in [0.5, 0.6) is 5.75 Å². The number of carbonyl (C=O) groups excluding carboxylic acids is 1. The summed E-state index contributed by atoms with van der Waals surface area (Å²) in [4.78, 5) is 12.6. The maximum Gasteiger partial charge on any atom is 0.177 e. The highest BCUT2D eigenvalue weighted by molar-refractivity contribution is 7.18. The molecule has 4 nitrogen and oxygen atoms in total. The average molecular weight is 304 g/mol. The number of carbonyl (C=O) groups is 1. The molecule has 2 rings (SSSR count). The number of thiophene rings is 1. The molecule has 112 valence electrons. The van der Waals surface area contributed by atoms with Gasteiger partial charge >= 0.3 is 0 Å². The van der Waals surface area contributed by atoms with E-state index in [1.54, 1.807) is 0 Å². The van der Waals surface area contributed by atoms with Crippen LogP contribution < -0.4 is 15.8 Å². The van der Waals surface area contributed by atoms with Gasteiger partial charge in [-0.15, -0.1) is 11.3 Å². The fourth-order valence-electron chi connectivity index (χ4n) is 1.81. The highest BCUT2D eigenvalue weighted by atomic mass is 32.1. The fourth-order valence-corrected chi connectivity index (χ4v) is 2.90. The Balaban J connectivity index is 1.84. The zero-order valence-electron chi connectivity index (χ0n) is 12.3. The molecule has 1 aromatic carbocycles. The monoisotopic (exact) mass is 304 g/mol. The Morgan fingerprint density at radius 1 is 1.33 bits per heavy atom. The minimum Gasteiger partial charge on any atom is -0.492 e. The zero-order chi connectivity index (χ0) is 15.2. The van der Waals surface area contributed by atoms with Crippen molar-refractivity contribution in [3.63, 3.8) is 0 Å². The van der Waals surface area contributed by atoms with E-state index in [1.807, 2.05) is 50.2 Å². The number of rotatable bonds is 7. The molecule has 21 heavy (non-hydrogen) atoms. The second kappa shape index (κ2) is 7.13. The molecular weight excluding hydrogens is 284 g/mol. The second-order valence-corrected chi connectivity index (χ2v) is 6.05. The Kier molecular flexibility index (Phi) is 5.22. The van der Waals surface area contributed by atoms with Gasteiger partial charge in [0.1, 0.15) is 12.4 Å². The number of Topliss-reactive ketones (excluding diaryl/α,β-unsaturated/α-hetero) is 1. The van der Waals surface area contributed by atoms with Crippen LogP contribution in [0.25, 0.3) is 0 Å². The molecule has 0 radical (unpaired) electrons. The number of anilines is 2. The molecule has 0 saturated carbocycles. The van der Waals surface area contributed by atoms with Crippen LogP contribution in [0.3, 0.4) is 0 Å². The first-order valence-corrected chi connectivity index (χ1v) is 7.75. The third-order valence-electron chi connectivity index (χ3n) is 2.92. The van der Waals surface area contributed by atoms with E-state index in [1.165, 1.54) is 11.3 Å². The molecule has 3 N–H and O–H groups in total. The molecule has 1 aromatic heterocycles.